The highest BCUT2D eigenvalue weighted by molar-refractivity contribution is 5.27. The predicted molar refractivity (Wildman–Crippen MR) is 73.7 cm³/mol. The summed E-state index contributed by atoms with van der Waals surface area (Å²) in [5, 5.41) is 0. The maximum Gasteiger partial charge on any atom is 0.119 e. The molecule has 0 amide bonds. The van der Waals surface area contributed by atoms with Crippen LogP contribution in [0, 0.1) is 5.92 Å². The van der Waals surface area contributed by atoms with E-state index in [4.69, 9.17) is 4.74 Å². The van der Waals surface area contributed by atoms with E-state index in [1.54, 1.807) is 0 Å². The van der Waals surface area contributed by atoms with E-state index in [0.717, 1.165) is 31.7 Å². The van der Waals surface area contributed by atoms with E-state index in [0.29, 0.717) is 5.92 Å². The summed E-state index contributed by atoms with van der Waals surface area (Å²) in [6.45, 7) is 6.35. The van der Waals surface area contributed by atoms with Gasteiger partial charge in [0, 0.05) is 6.54 Å². The Bertz CT molecular complexity index is 303. The topological polar surface area (TPSA) is 12.5 Å². The standard InChI is InChI=1S/C15H25NO/c1-13(2)12-14-6-8-15(9-7-14)17-11-5-10-16(3)4/h6-9,13H,5,10-12H2,1-4H3. The van der Waals surface area contributed by atoms with E-state index < -0.39 is 0 Å². The van der Waals surface area contributed by atoms with Crippen LogP contribution in [-0.2, 0) is 6.42 Å². The van der Waals surface area contributed by atoms with Crippen molar-refractivity contribution in [2.75, 3.05) is 27.2 Å². The molecule has 0 heterocycles. The monoisotopic (exact) mass is 235 g/mol. The van der Waals surface area contributed by atoms with Crippen molar-refractivity contribution in [2.24, 2.45) is 5.92 Å². The molecule has 0 aliphatic heterocycles. The average molecular weight is 235 g/mol. The summed E-state index contributed by atoms with van der Waals surface area (Å²) in [6.07, 6.45) is 2.21. The van der Waals surface area contributed by atoms with E-state index in [9.17, 15) is 0 Å². The van der Waals surface area contributed by atoms with Gasteiger partial charge in [-0.05, 0) is 50.6 Å². The molecule has 1 aromatic carbocycles. The van der Waals surface area contributed by atoms with Crippen molar-refractivity contribution in [3.63, 3.8) is 0 Å². The van der Waals surface area contributed by atoms with Gasteiger partial charge in [0.05, 0.1) is 6.61 Å². The van der Waals surface area contributed by atoms with Crippen LogP contribution in [0.25, 0.3) is 0 Å². The summed E-state index contributed by atoms with van der Waals surface area (Å²) in [5.74, 6) is 1.69. The molecule has 0 radical (unpaired) electrons. The Hall–Kier alpha value is -1.02. The highest BCUT2D eigenvalue weighted by Gasteiger charge is 1.99. The Morgan fingerprint density at radius 2 is 1.76 bits per heavy atom. The van der Waals surface area contributed by atoms with Crippen molar-refractivity contribution in [1.82, 2.24) is 4.90 Å². The van der Waals surface area contributed by atoms with E-state index in [-0.39, 0.29) is 0 Å². The van der Waals surface area contributed by atoms with Crippen molar-refractivity contribution in [3.05, 3.63) is 29.8 Å². The minimum atomic E-state index is 0.710. The molecule has 2 nitrogen and oxygen atoms in total. The lowest BCUT2D eigenvalue weighted by atomic mass is 10.0. The van der Waals surface area contributed by atoms with Crippen molar-refractivity contribution in [3.8, 4) is 5.75 Å². The zero-order valence-electron chi connectivity index (χ0n) is 11.6. The number of hydrogen-bond donors (Lipinski definition) is 0. The molecular weight excluding hydrogens is 210 g/mol. The molecule has 0 fully saturated rings. The fourth-order valence-corrected chi connectivity index (χ4v) is 1.76. The fraction of sp³-hybridized carbons (Fsp3) is 0.600. The summed E-state index contributed by atoms with van der Waals surface area (Å²) in [5.41, 5.74) is 1.39. The van der Waals surface area contributed by atoms with Crippen LogP contribution in [0.4, 0.5) is 0 Å². The molecule has 0 saturated carbocycles. The van der Waals surface area contributed by atoms with Crippen molar-refractivity contribution in [1.29, 1.82) is 0 Å². The fourth-order valence-electron chi connectivity index (χ4n) is 1.76. The molecule has 0 bridgehead atoms. The molecule has 1 aromatic rings. The van der Waals surface area contributed by atoms with E-state index >= 15 is 0 Å². The van der Waals surface area contributed by atoms with Crippen LogP contribution in [-0.4, -0.2) is 32.1 Å². The van der Waals surface area contributed by atoms with E-state index in [1.807, 2.05) is 0 Å². The van der Waals surface area contributed by atoms with Crippen LogP contribution in [0.5, 0.6) is 5.75 Å². The lowest BCUT2D eigenvalue weighted by molar-refractivity contribution is 0.281. The Morgan fingerprint density at radius 1 is 1.12 bits per heavy atom. The van der Waals surface area contributed by atoms with E-state index in [2.05, 4.69) is 57.1 Å². The van der Waals surface area contributed by atoms with E-state index in [1.165, 1.54) is 5.56 Å². The van der Waals surface area contributed by atoms with Crippen molar-refractivity contribution in [2.45, 2.75) is 26.7 Å². The summed E-state index contributed by atoms with van der Waals surface area (Å²) in [7, 11) is 4.17. The summed E-state index contributed by atoms with van der Waals surface area (Å²) in [4.78, 5) is 2.18. The lowest BCUT2D eigenvalue weighted by Crippen LogP contribution is -2.15. The first-order valence-corrected chi connectivity index (χ1v) is 6.44. The average Bonchev–Trinajstić information content (AvgIpc) is 2.25. The third-order valence-corrected chi connectivity index (χ3v) is 2.59. The predicted octanol–water partition coefficient (Wildman–Crippen LogP) is 3.22. The molecule has 1 rings (SSSR count). The van der Waals surface area contributed by atoms with Gasteiger partial charge in [-0.3, -0.25) is 0 Å². The van der Waals surface area contributed by atoms with Gasteiger partial charge >= 0.3 is 0 Å². The zero-order valence-corrected chi connectivity index (χ0v) is 11.6. The van der Waals surface area contributed by atoms with Crippen LogP contribution >= 0.6 is 0 Å². The second-order valence-electron chi connectivity index (χ2n) is 5.25. The van der Waals surface area contributed by atoms with Crippen LogP contribution in [0.1, 0.15) is 25.8 Å². The molecule has 0 unspecified atom stereocenters. The van der Waals surface area contributed by atoms with Gasteiger partial charge in [0.15, 0.2) is 0 Å². The smallest absolute Gasteiger partial charge is 0.119 e. The van der Waals surface area contributed by atoms with Gasteiger partial charge in [0.1, 0.15) is 5.75 Å². The van der Waals surface area contributed by atoms with Gasteiger partial charge in [0.2, 0.25) is 0 Å². The molecule has 0 aliphatic carbocycles. The molecule has 17 heavy (non-hydrogen) atoms. The van der Waals surface area contributed by atoms with Crippen LogP contribution in [0.3, 0.4) is 0 Å². The number of ether oxygens (including phenoxy) is 1. The summed E-state index contributed by atoms with van der Waals surface area (Å²) >= 11 is 0. The van der Waals surface area contributed by atoms with Crippen molar-refractivity contribution < 1.29 is 4.74 Å². The molecule has 96 valence electrons. The van der Waals surface area contributed by atoms with Gasteiger partial charge in [0.25, 0.3) is 0 Å². The molecule has 0 aromatic heterocycles. The quantitative estimate of drug-likeness (QED) is 0.673. The van der Waals surface area contributed by atoms with Gasteiger partial charge in [-0.15, -0.1) is 0 Å². The molecule has 0 aliphatic rings. The molecule has 0 spiro atoms. The number of hydrogen-bond acceptors (Lipinski definition) is 2. The molecule has 0 N–H and O–H groups in total. The first kappa shape index (κ1) is 14.0. The minimum Gasteiger partial charge on any atom is -0.494 e. The largest absolute Gasteiger partial charge is 0.494 e. The second-order valence-corrected chi connectivity index (χ2v) is 5.25. The maximum absolute atomic E-state index is 5.69. The summed E-state index contributed by atoms with van der Waals surface area (Å²) < 4.78 is 5.69. The molecule has 0 saturated heterocycles. The number of benzene rings is 1. The molecular formula is C15H25NO. The Kier molecular flexibility index (Phi) is 6.06. The number of nitrogens with zero attached hydrogens (tertiary/aromatic N) is 1. The highest BCUT2D eigenvalue weighted by atomic mass is 16.5. The third kappa shape index (κ3) is 6.32. The van der Waals surface area contributed by atoms with Gasteiger partial charge in [-0.1, -0.05) is 26.0 Å². The maximum atomic E-state index is 5.69. The Balaban J connectivity index is 2.30. The minimum absolute atomic E-state index is 0.710. The lowest BCUT2D eigenvalue weighted by Gasteiger charge is -2.11. The molecule has 2 heteroatoms. The normalized spacial score (nSPS) is 11.2. The number of rotatable bonds is 7. The van der Waals surface area contributed by atoms with Crippen molar-refractivity contribution >= 4 is 0 Å². The zero-order chi connectivity index (χ0) is 12.7. The SMILES string of the molecule is CC(C)Cc1ccc(OCCCN(C)C)cc1. The molecule has 0 atom stereocenters. The van der Waals surface area contributed by atoms with Gasteiger partial charge in [-0.2, -0.15) is 0 Å². The third-order valence-electron chi connectivity index (χ3n) is 2.59. The first-order chi connectivity index (χ1) is 8.08. The summed E-state index contributed by atoms with van der Waals surface area (Å²) in [6, 6.07) is 8.49. The highest BCUT2D eigenvalue weighted by Crippen LogP contribution is 2.15. The van der Waals surface area contributed by atoms with Gasteiger partial charge in [-0.25, -0.2) is 0 Å². The van der Waals surface area contributed by atoms with Crippen LogP contribution in [0.15, 0.2) is 24.3 Å². The second kappa shape index (κ2) is 7.33. The Labute approximate surface area is 106 Å². The van der Waals surface area contributed by atoms with Crippen LogP contribution in [0.2, 0.25) is 0 Å². The first-order valence-electron chi connectivity index (χ1n) is 6.44. The van der Waals surface area contributed by atoms with Gasteiger partial charge < -0.3 is 9.64 Å². The Morgan fingerprint density at radius 3 is 2.29 bits per heavy atom. The van der Waals surface area contributed by atoms with Crippen LogP contribution < -0.4 is 4.74 Å².